The van der Waals surface area contributed by atoms with Crippen LogP contribution in [0, 0.1) is 0 Å². The van der Waals surface area contributed by atoms with E-state index in [1.807, 2.05) is 42.5 Å². The van der Waals surface area contributed by atoms with Crippen LogP contribution in [0.1, 0.15) is 10.4 Å². The molecule has 2 heteroatoms. The molecule has 0 saturated carbocycles. The number of rotatable bonds is 4. The highest BCUT2D eigenvalue weighted by Crippen LogP contribution is 2.27. The van der Waals surface area contributed by atoms with Crippen LogP contribution < -0.4 is 0 Å². The smallest absolute Gasteiger partial charge is 0.185 e. The lowest BCUT2D eigenvalue weighted by Crippen LogP contribution is -1.92. The molecule has 0 unspecified atom stereocenters. The molecule has 1 nitrogen and oxygen atoms in total. The second kappa shape index (κ2) is 5.51. The molecule has 0 aliphatic heterocycles. The fourth-order valence-electron chi connectivity index (χ4n) is 1.43. The van der Waals surface area contributed by atoms with E-state index in [2.05, 4.69) is 18.7 Å². The van der Waals surface area contributed by atoms with Crippen LogP contribution in [0.2, 0.25) is 0 Å². The Balaban J connectivity index is 2.14. The van der Waals surface area contributed by atoms with E-state index in [4.69, 9.17) is 0 Å². The van der Waals surface area contributed by atoms with Crippen molar-refractivity contribution in [1.82, 2.24) is 0 Å². The van der Waals surface area contributed by atoms with E-state index in [0.717, 1.165) is 4.90 Å². The van der Waals surface area contributed by atoms with Crippen molar-refractivity contribution >= 4 is 17.5 Å². The van der Waals surface area contributed by atoms with Crippen LogP contribution in [0.4, 0.5) is 0 Å². The Morgan fingerprint density at radius 3 is 2.12 bits per heavy atom. The lowest BCUT2D eigenvalue weighted by molar-refractivity contribution is 0.104. The average molecular weight is 240 g/mol. The zero-order chi connectivity index (χ0) is 12.1. The minimum absolute atomic E-state index is 0.0405. The van der Waals surface area contributed by atoms with E-state index >= 15 is 0 Å². The second-order valence-corrected chi connectivity index (χ2v) is 4.65. The molecular weight excluding hydrogens is 228 g/mol. The van der Waals surface area contributed by atoms with Crippen molar-refractivity contribution in [2.75, 3.05) is 0 Å². The molecule has 84 valence electrons. The SMILES string of the molecule is C=CC(=O)c1ccc(Sc2ccccc2)cc1. The largest absolute Gasteiger partial charge is 0.289 e. The maximum Gasteiger partial charge on any atom is 0.185 e. The van der Waals surface area contributed by atoms with Gasteiger partial charge in [-0.3, -0.25) is 4.79 Å². The van der Waals surface area contributed by atoms with Gasteiger partial charge in [0.1, 0.15) is 0 Å². The predicted molar refractivity (Wildman–Crippen MR) is 71.5 cm³/mol. The van der Waals surface area contributed by atoms with Crippen LogP contribution in [-0.4, -0.2) is 5.78 Å². The van der Waals surface area contributed by atoms with Crippen LogP contribution in [0.15, 0.2) is 77.0 Å². The molecule has 0 heterocycles. The maximum absolute atomic E-state index is 11.4. The highest BCUT2D eigenvalue weighted by molar-refractivity contribution is 7.99. The number of benzene rings is 2. The Labute approximate surface area is 105 Å². The summed E-state index contributed by atoms with van der Waals surface area (Å²) in [4.78, 5) is 13.7. The van der Waals surface area contributed by atoms with Crippen molar-refractivity contribution < 1.29 is 4.79 Å². The van der Waals surface area contributed by atoms with Gasteiger partial charge in [-0.25, -0.2) is 0 Å². The molecule has 0 fully saturated rings. The normalized spacial score (nSPS) is 9.88. The minimum Gasteiger partial charge on any atom is -0.289 e. The molecule has 2 aromatic carbocycles. The predicted octanol–water partition coefficient (Wildman–Crippen LogP) is 4.21. The molecule has 0 aliphatic carbocycles. The lowest BCUT2D eigenvalue weighted by atomic mass is 10.1. The van der Waals surface area contributed by atoms with E-state index in [0.29, 0.717) is 5.56 Å². The molecular formula is C15H12OS. The summed E-state index contributed by atoms with van der Waals surface area (Å²) in [5, 5.41) is 0. The third kappa shape index (κ3) is 3.08. The van der Waals surface area contributed by atoms with Crippen LogP contribution in [0.3, 0.4) is 0 Å². The summed E-state index contributed by atoms with van der Waals surface area (Å²) >= 11 is 1.68. The van der Waals surface area contributed by atoms with Gasteiger partial charge in [-0.2, -0.15) is 0 Å². The first-order valence-corrected chi connectivity index (χ1v) is 6.11. The Bertz CT molecular complexity index is 514. The van der Waals surface area contributed by atoms with Gasteiger partial charge in [-0.15, -0.1) is 0 Å². The van der Waals surface area contributed by atoms with Crippen LogP contribution in [-0.2, 0) is 0 Å². The first-order valence-electron chi connectivity index (χ1n) is 5.29. The first kappa shape index (κ1) is 11.7. The molecule has 0 saturated heterocycles. The number of carbonyl (C=O) groups excluding carboxylic acids is 1. The standard InChI is InChI=1S/C15H12OS/c1-2-15(16)12-8-10-14(11-9-12)17-13-6-4-3-5-7-13/h2-11H,1H2. The number of carbonyl (C=O) groups is 1. The van der Waals surface area contributed by atoms with Crippen LogP contribution >= 0.6 is 11.8 Å². The van der Waals surface area contributed by atoms with E-state index in [1.165, 1.54) is 11.0 Å². The summed E-state index contributed by atoms with van der Waals surface area (Å²) in [5.41, 5.74) is 0.678. The maximum atomic E-state index is 11.4. The van der Waals surface area contributed by atoms with Gasteiger partial charge in [-0.1, -0.05) is 36.5 Å². The fourth-order valence-corrected chi connectivity index (χ4v) is 2.27. The van der Waals surface area contributed by atoms with E-state index in [1.54, 1.807) is 11.8 Å². The average Bonchev–Trinajstić information content (AvgIpc) is 2.40. The highest BCUT2D eigenvalue weighted by atomic mass is 32.2. The molecule has 0 amide bonds. The number of ketones is 1. The van der Waals surface area contributed by atoms with Gasteiger partial charge in [0.2, 0.25) is 0 Å². The van der Waals surface area contributed by atoms with Crippen molar-refractivity contribution in [2.24, 2.45) is 0 Å². The Morgan fingerprint density at radius 1 is 0.941 bits per heavy atom. The molecule has 0 atom stereocenters. The van der Waals surface area contributed by atoms with Gasteiger partial charge < -0.3 is 0 Å². The number of hydrogen-bond donors (Lipinski definition) is 0. The summed E-state index contributed by atoms with van der Waals surface area (Å²) in [6.45, 7) is 3.47. The summed E-state index contributed by atoms with van der Waals surface area (Å²) in [7, 11) is 0. The zero-order valence-electron chi connectivity index (χ0n) is 9.30. The summed E-state index contributed by atoms with van der Waals surface area (Å²) in [5.74, 6) is -0.0405. The zero-order valence-corrected chi connectivity index (χ0v) is 10.1. The van der Waals surface area contributed by atoms with Gasteiger partial charge in [0.15, 0.2) is 5.78 Å². The third-order valence-corrected chi connectivity index (χ3v) is 3.32. The monoisotopic (exact) mass is 240 g/mol. The van der Waals surface area contributed by atoms with Crippen molar-refractivity contribution in [3.8, 4) is 0 Å². The van der Waals surface area contributed by atoms with E-state index in [9.17, 15) is 4.79 Å². The summed E-state index contributed by atoms with van der Waals surface area (Å²) in [6.07, 6.45) is 1.33. The highest BCUT2D eigenvalue weighted by Gasteiger charge is 2.01. The van der Waals surface area contributed by atoms with Crippen LogP contribution in [0.25, 0.3) is 0 Å². The van der Waals surface area contributed by atoms with Gasteiger partial charge in [0, 0.05) is 15.4 Å². The molecule has 0 spiro atoms. The molecule has 0 bridgehead atoms. The quantitative estimate of drug-likeness (QED) is 0.588. The molecule has 0 N–H and O–H groups in total. The fraction of sp³-hybridized carbons (Fsp3) is 0. The molecule has 0 radical (unpaired) electrons. The van der Waals surface area contributed by atoms with Crippen LogP contribution in [0.5, 0.6) is 0 Å². The summed E-state index contributed by atoms with van der Waals surface area (Å²) in [6, 6.07) is 17.7. The lowest BCUT2D eigenvalue weighted by Gasteiger charge is -2.02. The van der Waals surface area contributed by atoms with Crippen molar-refractivity contribution in [2.45, 2.75) is 9.79 Å². The number of allylic oxidation sites excluding steroid dienone is 1. The Kier molecular flexibility index (Phi) is 3.78. The van der Waals surface area contributed by atoms with E-state index < -0.39 is 0 Å². The van der Waals surface area contributed by atoms with Crippen molar-refractivity contribution in [1.29, 1.82) is 0 Å². The minimum atomic E-state index is -0.0405. The van der Waals surface area contributed by atoms with Gasteiger partial charge >= 0.3 is 0 Å². The molecule has 0 aliphatic rings. The van der Waals surface area contributed by atoms with Gasteiger partial charge in [-0.05, 0) is 42.5 Å². The molecule has 2 rings (SSSR count). The van der Waals surface area contributed by atoms with Gasteiger partial charge in [0.05, 0.1) is 0 Å². The van der Waals surface area contributed by atoms with Crippen molar-refractivity contribution in [3.05, 3.63) is 72.8 Å². The Hall–Kier alpha value is -1.80. The molecule has 17 heavy (non-hydrogen) atoms. The summed E-state index contributed by atoms with van der Waals surface area (Å²) < 4.78 is 0. The topological polar surface area (TPSA) is 17.1 Å². The van der Waals surface area contributed by atoms with Crippen molar-refractivity contribution in [3.63, 3.8) is 0 Å². The third-order valence-electron chi connectivity index (χ3n) is 2.30. The van der Waals surface area contributed by atoms with E-state index in [-0.39, 0.29) is 5.78 Å². The second-order valence-electron chi connectivity index (χ2n) is 3.51. The Morgan fingerprint density at radius 2 is 1.53 bits per heavy atom. The first-order chi connectivity index (χ1) is 8.29. The van der Waals surface area contributed by atoms with Gasteiger partial charge in [0.25, 0.3) is 0 Å². The number of hydrogen-bond acceptors (Lipinski definition) is 2. The molecule has 2 aromatic rings. The molecule has 0 aromatic heterocycles.